The molecular weight excluding hydrogens is 191 g/mol. The zero-order chi connectivity index (χ0) is 10.4. The molecule has 1 fully saturated rings. The van der Waals surface area contributed by atoms with Crippen LogP contribution >= 0.6 is 0 Å². The van der Waals surface area contributed by atoms with E-state index in [1.54, 1.807) is 6.07 Å². The van der Waals surface area contributed by atoms with Crippen LogP contribution < -0.4 is 5.73 Å². The van der Waals surface area contributed by atoms with Gasteiger partial charge in [0.2, 0.25) is 0 Å². The van der Waals surface area contributed by atoms with Gasteiger partial charge in [0, 0.05) is 23.7 Å². The molecule has 0 amide bonds. The van der Waals surface area contributed by atoms with Crippen LogP contribution in [0, 0.1) is 5.82 Å². The largest absolute Gasteiger partial charge is 0.340 e. The molecule has 78 valence electrons. The van der Waals surface area contributed by atoms with Crippen molar-refractivity contribution in [3.63, 3.8) is 0 Å². The first kappa shape index (κ1) is 8.92. The van der Waals surface area contributed by atoms with Crippen LogP contribution in [0.15, 0.2) is 24.3 Å². The average Bonchev–Trinajstić information content (AvgIpc) is 2.99. The predicted octanol–water partition coefficient (Wildman–Crippen LogP) is 2.57. The molecule has 15 heavy (non-hydrogen) atoms. The summed E-state index contributed by atoms with van der Waals surface area (Å²) in [6.45, 7) is 0.521. The van der Waals surface area contributed by atoms with E-state index in [2.05, 4.69) is 10.6 Å². The zero-order valence-electron chi connectivity index (χ0n) is 8.41. The van der Waals surface area contributed by atoms with Gasteiger partial charge in [0.25, 0.3) is 0 Å². The van der Waals surface area contributed by atoms with Gasteiger partial charge in [0.15, 0.2) is 0 Å². The second kappa shape index (κ2) is 3.07. The van der Waals surface area contributed by atoms with E-state index in [4.69, 9.17) is 5.73 Å². The van der Waals surface area contributed by atoms with Gasteiger partial charge in [0.05, 0.1) is 5.52 Å². The number of nitrogens with two attached hydrogens (primary N) is 1. The van der Waals surface area contributed by atoms with Crippen molar-refractivity contribution >= 4 is 10.9 Å². The van der Waals surface area contributed by atoms with E-state index < -0.39 is 0 Å². The zero-order valence-corrected chi connectivity index (χ0v) is 8.41. The molecule has 1 aliphatic rings. The van der Waals surface area contributed by atoms with Gasteiger partial charge in [-0.05, 0) is 37.1 Å². The molecule has 0 unspecified atom stereocenters. The fourth-order valence-corrected chi connectivity index (χ4v) is 2.17. The Hall–Kier alpha value is -1.35. The lowest BCUT2D eigenvalue weighted by Gasteiger charge is -2.07. The lowest BCUT2D eigenvalue weighted by molar-refractivity contribution is 0.627. The average molecular weight is 204 g/mol. The fraction of sp³-hybridized carbons (Fsp3) is 0.333. The summed E-state index contributed by atoms with van der Waals surface area (Å²) in [6, 6.07) is 7.53. The lowest BCUT2D eigenvalue weighted by atomic mass is 10.2. The van der Waals surface area contributed by atoms with Crippen LogP contribution in [0.5, 0.6) is 0 Å². The first-order valence-corrected chi connectivity index (χ1v) is 5.29. The molecule has 1 aromatic carbocycles. The Bertz CT molecular complexity index is 512. The van der Waals surface area contributed by atoms with E-state index in [-0.39, 0.29) is 5.82 Å². The van der Waals surface area contributed by atoms with Gasteiger partial charge in [-0.1, -0.05) is 0 Å². The van der Waals surface area contributed by atoms with Crippen LogP contribution in [-0.4, -0.2) is 4.57 Å². The van der Waals surface area contributed by atoms with Crippen LogP contribution in [-0.2, 0) is 6.54 Å². The van der Waals surface area contributed by atoms with Crippen LogP contribution in [0.3, 0.4) is 0 Å². The van der Waals surface area contributed by atoms with Crippen LogP contribution in [0.1, 0.15) is 24.6 Å². The smallest absolute Gasteiger partial charge is 0.125 e. The van der Waals surface area contributed by atoms with Gasteiger partial charge in [-0.15, -0.1) is 0 Å². The third-order valence-electron chi connectivity index (χ3n) is 3.00. The number of rotatable bonds is 2. The highest BCUT2D eigenvalue weighted by molar-refractivity contribution is 5.81. The number of hydrogen-bond donors (Lipinski definition) is 1. The molecule has 1 saturated carbocycles. The summed E-state index contributed by atoms with van der Waals surface area (Å²) in [5.74, 6) is -0.175. The van der Waals surface area contributed by atoms with Gasteiger partial charge in [-0.25, -0.2) is 4.39 Å². The Morgan fingerprint density at radius 1 is 1.33 bits per heavy atom. The monoisotopic (exact) mass is 204 g/mol. The Labute approximate surface area is 87.5 Å². The van der Waals surface area contributed by atoms with Gasteiger partial charge >= 0.3 is 0 Å². The minimum absolute atomic E-state index is 0.175. The topological polar surface area (TPSA) is 30.9 Å². The molecule has 2 aromatic rings. The molecule has 3 rings (SSSR count). The SMILES string of the molecule is NCc1cc2ccc(F)cc2n1C1CC1. The standard InChI is InChI=1S/C12H13FN2/c13-9-2-1-8-5-11(7-14)15(10-3-4-10)12(8)6-9/h1-2,5-6,10H,3-4,7,14H2. The normalized spacial score (nSPS) is 16.1. The number of halogens is 1. The fourth-order valence-electron chi connectivity index (χ4n) is 2.17. The lowest BCUT2D eigenvalue weighted by Crippen LogP contribution is -2.05. The van der Waals surface area contributed by atoms with Crippen molar-refractivity contribution in [2.24, 2.45) is 5.73 Å². The van der Waals surface area contributed by atoms with Gasteiger partial charge < -0.3 is 10.3 Å². The number of nitrogens with zero attached hydrogens (tertiary/aromatic N) is 1. The Morgan fingerprint density at radius 2 is 2.13 bits per heavy atom. The highest BCUT2D eigenvalue weighted by atomic mass is 19.1. The molecule has 1 aromatic heterocycles. The van der Waals surface area contributed by atoms with Crippen molar-refractivity contribution in [2.75, 3.05) is 0 Å². The molecule has 1 aliphatic carbocycles. The third-order valence-corrected chi connectivity index (χ3v) is 3.00. The molecule has 0 radical (unpaired) electrons. The first-order chi connectivity index (χ1) is 7.29. The minimum atomic E-state index is -0.175. The second-order valence-electron chi connectivity index (χ2n) is 4.14. The molecule has 0 atom stereocenters. The Balaban J connectivity index is 2.30. The molecular formula is C12H13FN2. The van der Waals surface area contributed by atoms with Crippen molar-refractivity contribution in [3.05, 3.63) is 35.8 Å². The van der Waals surface area contributed by atoms with E-state index in [1.165, 1.54) is 18.9 Å². The maximum Gasteiger partial charge on any atom is 0.125 e. The predicted molar refractivity (Wildman–Crippen MR) is 58.1 cm³/mol. The van der Waals surface area contributed by atoms with Crippen molar-refractivity contribution in [1.29, 1.82) is 0 Å². The molecule has 0 saturated heterocycles. The van der Waals surface area contributed by atoms with Crippen LogP contribution in [0.25, 0.3) is 10.9 Å². The summed E-state index contributed by atoms with van der Waals surface area (Å²) < 4.78 is 15.4. The van der Waals surface area contributed by atoms with E-state index in [1.807, 2.05) is 6.07 Å². The highest BCUT2D eigenvalue weighted by Crippen LogP contribution is 2.39. The minimum Gasteiger partial charge on any atom is -0.340 e. The highest BCUT2D eigenvalue weighted by Gasteiger charge is 2.26. The van der Waals surface area contributed by atoms with E-state index >= 15 is 0 Å². The molecule has 0 bridgehead atoms. The van der Waals surface area contributed by atoms with E-state index in [9.17, 15) is 4.39 Å². The van der Waals surface area contributed by atoms with Crippen molar-refractivity contribution < 1.29 is 4.39 Å². The molecule has 0 aliphatic heterocycles. The van der Waals surface area contributed by atoms with Gasteiger partial charge in [-0.2, -0.15) is 0 Å². The first-order valence-electron chi connectivity index (χ1n) is 5.29. The molecule has 2 nitrogen and oxygen atoms in total. The molecule has 0 spiro atoms. The van der Waals surface area contributed by atoms with E-state index in [0.29, 0.717) is 12.6 Å². The summed E-state index contributed by atoms with van der Waals surface area (Å²) in [5.41, 5.74) is 7.80. The van der Waals surface area contributed by atoms with Crippen molar-refractivity contribution in [3.8, 4) is 0 Å². The number of benzene rings is 1. The summed E-state index contributed by atoms with van der Waals surface area (Å²) in [7, 11) is 0. The molecule has 2 N–H and O–H groups in total. The van der Waals surface area contributed by atoms with Crippen LogP contribution in [0.4, 0.5) is 4.39 Å². The summed E-state index contributed by atoms with van der Waals surface area (Å²) in [6.07, 6.45) is 2.38. The van der Waals surface area contributed by atoms with Crippen LogP contribution in [0.2, 0.25) is 0 Å². The Morgan fingerprint density at radius 3 is 2.80 bits per heavy atom. The third kappa shape index (κ3) is 1.35. The van der Waals surface area contributed by atoms with Gasteiger partial charge in [0.1, 0.15) is 5.82 Å². The number of fused-ring (bicyclic) bond motifs is 1. The Kier molecular flexibility index (Phi) is 1.83. The number of aromatic nitrogens is 1. The van der Waals surface area contributed by atoms with Crippen molar-refractivity contribution in [1.82, 2.24) is 4.57 Å². The molecule has 3 heteroatoms. The quantitative estimate of drug-likeness (QED) is 0.800. The maximum absolute atomic E-state index is 13.2. The van der Waals surface area contributed by atoms with Crippen molar-refractivity contribution in [2.45, 2.75) is 25.4 Å². The maximum atomic E-state index is 13.2. The molecule has 1 heterocycles. The summed E-state index contributed by atoms with van der Waals surface area (Å²) in [5, 5.41) is 1.09. The number of hydrogen-bond acceptors (Lipinski definition) is 1. The van der Waals surface area contributed by atoms with E-state index in [0.717, 1.165) is 16.6 Å². The summed E-state index contributed by atoms with van der Waals surface area (Å²) in [4.78, 5) is 0. The van der Waals surface area contributed by atoms with Gasteiger partial charge in [-0.3, -0.25) is 0 Å². The summed E-state index contributed by atoms with van der Waals surface area (Å²) >= 11 is 0. The second-order valence-corrected chi connectivity index (χ2v) is 4.14.